The van der Waals surface area contributed by atoms with Crippen LogP contribution < -0.4 is 14.8 Å². The number of ether oxygens (including phenoxy) is 1. The van der Waals surface area contributed by atoms with Gasteiger partial charge in [0.25, 0.3) is 15.9 Å². The Morgan fingerprint density at radius 1 is 1.00 bits per heavy atom. The first kappa shape index (κ1) is 23.4. The second kappa shape index (κ2) is 10.0. The van der Waals surface area contributed by atoms with Crippen molar-refractivity contribution in [1.29, 1.82) is 0 Å². The highest BCUT2D eigenvalue weighted by atomic mass is 32.2. The fraction of sp³-hybridized carbons (Fsp3) is 0.192. The van der Waals surface area contributed by atoms with Gasteiger partial charge in [0.05, 0.1) is 7.11 Å². The number of fused-ring (bicyclic) bond motifs is 1. The van der Waals surface area contributed by atoms with Crippen LogP contribution in [0, 0.1) is 6.92 Å². The Kier molecular flexibility index (Phi) is 6.88. The van der Waals surface area contributed by atoms with E-state index in [2.05, 4.69) is 32.8 Å². The SMILES string of the molecule is COc1ccc(C(=O)NCCCn2ccc3ccccc32)cc1S(=O)(=O)Nc1ccc(C)cc1. The largest absolute Gasteiger partial charge is 0.495 e. The van der Waals surface area contributed by atoms with Crippen LogP contribution in [0.2, 0.25) is 0 Å². The minimum atomic E-state index is -3.96. The Balaban J connectivity index is 1.42. The summed E-state index contributed by atoms with van der Waals surface area (Å²) in [5.41, 5.74) is 2.85. The molecule has 0 aliphatic heterocycles. The molecule has 4 rings (SSSR count). The molecule has 0 bridgehead atoms. The normalized spacial score (nSPS) is 11.4. The van der Waals surface area contributed by atoms with Crippen LogP contribution >= 0.6 is 0 Å². The van der Waals surface area contributed by atoms with Crippen molar-refractivity contribution in [3.8, 4) is 5.75 Å². The maximum Gasteiger partial charge on any atom is 0.265 e. The molecule has 34 heavy (non-hydrogen) atoms. The van der Waals surface area contributed by atoms with E-state index >= 15 is 0 Å². The van der Waals surface area contributed by atoms with Gasteiger partial charge in [-0.15, -0.1) is 0 Å². The smallest absolute Gasteiger partial charge is 0.265 e. The highest BCUT2D eigenvalue weighted by molar-refractivity contribution is 7.92. The molecule has 0 atom stereocenters. The van der Waals surface area contributed by atoms with Crippen LogP contribution in [0.4, 0.5) is 5.69 Å². The number of nitrogens with zero attached hydrogens (tertiary/aromatic N) is 1. The number of aromatic nitrogens is 1. The predicted octanol–water partition coefficient (Wildman–Crippen LogP) is 4.58. The summed E-state index contributed by atoms with van der Waals surface area (Å²) in [5, 5.41) is 4.05. The third-order valence-corrected chi connectivity index (χ3v) is 6.96. The summed E-state index contributed by atoms with van der Waals surface area (Å²) in [6, 6.07) is 21.6. The van der Waals surface area contributed by atoms with E-state index in [-0.39, 0.29) is 22.1 Å². The van der Waals surface area contributed by atoms with Gasteiger partial charge in [-0.3, -0.25) is 9.52 Å². The summed E-state index contributed by atoms with van der Waals surface area (Å²) >= 11 is 0. The number of sulfonamides is 1. The molecule has 176 valence electrons. The molecule has 0 aliphatic rings. The van der Waals surface area contributed by atoms with E-state index in [1.54, 1.807) is 18.2 Å². The molecule has 1 heterocycles. The molecule has 2 N–H and O–H groups in total. The average Bonchev–Trinajstić information content (AvgIpc) is 3.25. The first-order valence-electron chi connectivity index (χ1n) is 11.0. The summed E-state index contributed by atoms with van der Waals surface area (Å²) in [5.74, 6) is -0.178. The number of amides is 1. The first-order valence-corrected chi connectivity index (χ1v) is 12.5. The van der Waals surface area contributed by atoms with Gasteiger partial charge in [0.1, 0.15) is 10.6 Å². The van der Waals surface area contributed by atoms with Gasteiger partial charge in [0.2, 0.25) is 0 Å². The van der Waals surface area contributed by atoms with Crippen LogP contribution in [0.25, 0.3) is 10.9 Å². The molecule has 0 saturated carbocycles. The molecule has 3 aromatic carbocycles. The monoisotopic (exact) mass is 477 g/mol. The van der Waals surface area contributed by atoms with Crippen molar-refractivity contribution < 1.29 is 17.9 Å². The maximum atomic E-state index is 13.0. The number of hydrogen-bond acceptors (Lipinski definition) is 4. The maximum absolute atomic E-state index is 13.0. The molecule has 0 unspecified atom stereocenters. The summed E-state index contributed by atoms with van der Waals surface area (Å²) in [6.45, 7) is 3.14. The van der Waals surface area contributed by atoms with Gasteiger partial charge in [-0.25, -0.2) is 8.42 Å². The Bertz CT molecular complexity index is 1410. The van der Waals surface area contributed by atoms with Crippen molar-refractivity contribution in [2.45, 2.75) is 24.8 Å². The van der Waals surface area contributed by atoms with Crippen molar-refractivity contribution in [2.75, 3.05) is 18.4 Å². The van der Waals surface area contributed by atoms with E-state index in [1.807, 2.05) is 37.4 Å². The van der Waals surface area contributed by atoms with Crippen molar-refractivity contribution >= 4 is 32.5 Å². The van der Waals surface area contributed by atoms with Crippen molar-refractivity contribution in [3.63, 3.8) is 0 Å². The number of carbonyl (C=O) groups excluding carboxylic acids is 1. The van der Waals surface area contributed by atoms with Gasteiger partial charge in [-0.1, -0.05) is 35.9 Å². The zero-order valence-electron chi connectivity index (χ0n) is 19.1. The molecule has 8 heteroatoms. The Hall–Kier alpha value is -3.78. The van der Waals surface area contributed by atoms with E-state index in [4.69, 9.17) is 4.74 Å². The van der Waals surface area contributed by atoms with Crippen LogP contribution in [-0.4, -0.2) is 32.5 Å². The summed E-state index contributed by atoms with van der Waals surface area (Å²) < 4.78 is 36.0. The van der Waals surface area contributed by atoms with Crippen LogP contribution in [0.3, 0.4) is 0 Å². The summed E-state index contributed by atoms with van der Waals surface area (Å²) in [4.78, 5) is 12.6. The van der Waals surface area contributed by atoms with Gasteiger partial charge >= 0.3 is 0 Å². The Morgan fingerprint density at radius 2 is 1.76 bits per heavy atom. The number of methoxy groups -OCH3 is 1. The molecule has 0 aliphatic carbocycles. The van der Waals surface area contributed by atoms with E-state index in [0.29, 0.717) is 12.2 Å². The van der Waals surface area contributed by atoms with E-state index in [0.717, 1.165) is 24.0 Å². The minimum absolute atomic E-state index is 0.0953. The van der Waals surface area contributed by atoms with Crippen LogP contribution in [0.5, 0.6) is 5.75 Å². The highest BCUT2D eigenvalue weighted by Crippen LogP contribution is 2.27. The van der Waals surface area contributed by atoms with Gasteiger partial charge < -0.3 is 14.6 Å². The third kappa shape index (κ3) is 5.23. The lowest BCUT2D eigenvalue weighted by Gasteiger charge is -2.13. The van der Waals surface area contributed by atoms with E-state index < -0.39 is 10.0 Å². The molecular weight excluding hydrogens is 450 g/mol. The molecule has 1 aromatic heterocycles. The van der Waals surface area contributed by atoms with Crippen molar-refractivity contribution in [3.05, 3.63) is 90.1 Å². The van der Waals surface area contributed by atoms with Gasteiger partial charge in [0, 0.05) is 36.1 Å². The first-order chi connectivity index (χ1) is 16.4. The fourth-order valence-electron chi connectivity index (χ4n) is 3.75. The lowest BCUT2D eigenvalue weighted by atomic mass is 10.2. The molecule has 0 spiro atoms. The third-order valence-electron chi connectivity index (χ3n) is 5.56. The van der Waals surface area contributed by atoms with Gasteiger partial charge in [-0.05, 0) is 61.2 Å². The van der Waals surface area contributed by atoms with Crippen LogP contribution in [-0.2, 0) is 16.6 Å². The molecule has 4 aromatic rings. The summed E-state index contributed by atoms with van der Waals surface area (Å²) in [7, 11) is -2.57. The van der Waals surface area contributed by atoms with Crippen LogP contribution in [0.15, 0.2) is 83.9 Å². The predicted molar refractivity (Wildman–Crippen MR) is 134 cm³/mol. The Morgan fingerprint density at radius 3 is 2.53 bits per heavy atom. The molecule has 0 fully saturated rings. The quantitative estimate of drug-likeness (QED) is 0.345. The average molecular weight is 478 g/mol. The number of hydrogen-bond donors (Lipinski definition) is 2. The molecule has 0 radical (unpaired) electrons. The number of rotatable bonds is 9. The van der Waals surface area contributed by atoms with Crippen molar-refractivity contribution in [2.24, 2.45) is 0 Å². The van der Waals surface area contributed by atoms with Gasteiger partial charge in [0.15, 0.2) is 0 Å². The lowest BCUT2D eigenvalue weighted by molar-refractivity contribution is 0.0952. The number of anilines is 1. The van der Waals surface area contributed by atoms with E-state index in [9.17, 15) is 13.2 Å². The molecule has 7 nitrogen and oxygen atoms in total. The minimum Gasteiger partial charge on any atom is -0.495 e. The standard InChI is InChI=1S/C26H27N3O4S/c1-19-8-11-22(12-9-19)28-34(31,32)25-18-21(10-13-24(25)33-2)26(30)27-15-5-16-29-17-14-20-6-3-4-7-23(20)29/h3-4,6-14,17-18,28H,5,15-16H2,1-2H3,(H,27,30). The Labute approximate surface area is 199 Å². The zero-order chi connectivity index (χ0) is 24.1. The topological polar surface area (TPSA) is 89.4 Å². The zero-order valence-corrected chi connectivity index (χ0v) is 19.9. The summed E-state index contributed by atoms with van der Waals surface area (Å²) in [6.07, 6.45) is 2.77. The number of para-hydroxylation sites is 1. The van der Waals surface area contributed by atoms with Gasteiger partial charge in [-0.2, -0.15) is 0 Å². The second-order valence-corrected chi connectivity index (χ2v) is 9.67. The number of carbonyl (C=O) groups is 1. The highest BCUT2D eigenvalue weighted by Gasteiger charge is 2.22. The number of nitrogens with one attached hydrogen (secondary N) is 2. The second-order valence-electron chi connectivity index (χ2n) is 8.01. The number of aryl methyl sites for hydroxylation is 2. The lowest BCUT2D eigenvalue weighted by Crippen LogP contribution is -2.25. The molecule has 1 amide bonds. The number of benzene rings is 3. The van der Waals surface area contributed by atoms with Crippen LogP contribution in [0.1, 0.15) is 22.3 Å². The fourth-order valence-corrected chi connectivity index (χ4v) is 5.00. The van der Waals surface area contributed by atoms with E-state index in [1.165, 1.54) is 24.6 Å². The molecular formula is C26H27N3O4S. The van der Waals surface area contributed by atoms with Crippen molar-refractivity contribution in [1.82, 2.24) is 9.88 Å². The molecule has 0 saturated heterocycles.